The van der Waals surface area contributed by atoms with E-state index in [4.69, 9.17) is 52.2 Å². The molecule has 1 heterocycles. The Morgan fingerprint density at radius 3 is 1.00 bits per heavy atom. The highest BCUT2D eigenvalue weighted by Gasteiger charge is 2.52. The fraction of sp³-hybridized carbons (Fsp3) is 0.213. The average molecular weight is 1690 g/mol. The van der Waals surface area contributed by atoms with Crippen LogP contribution in [0.5, 0.6) is 5.75 Å². The van der Waals surface area contributed by atoms with Crippen LogP contribution in [0.2, 0.25) is 0 Å². The van der Waals surface area contributed by atoms with E-state index in [0.717, 1.165) is 82.7 Å². The summed E-state index contributed by atoms with van der Waals surface area (Å²) < 4.78 is 39.9. The lowest BCUT2D eigenvalue weighted by atomic mass is 9.77. The van der Waals surface area contributed by atoms with Gasteiger partial charge in [-0.3, -0.25) is 4.79 Å². The molecule has 23 nitrogen and oxygen atoms in total. The summed E-state index contributed by atoms with van der Waals surface area (Å²) in [5.41, 5.74) is 9.15. The molecule has 0 bridgehead atoms. The van der Waals surface area contributed by atoms with Crippen molar-refractivity contribution < 1.29 is 111 Å². The highest BCUT2D eigenvalue weighted by atomic mass is 79.9. The number of carbonyl (C=O) groups excluding carboxylic acids is 9. The number of carboxylic acid groups (broad SMARTS) is 3. The third-order valence-electron chi connectivity index (χ3n) is 17.9. The average Bonchev–Trinajstić information content (AvgIpc) is 1.54. The van der Waals surface area contributed by atoms with Crippen molar-refractivity contribution in [3.05, 3.63) is 259 Å². The van der Waals surface area contributed by atoms with Gasteiger partial charge < -0.3 is 53.8 Å². The molecule has 11 aromatic rings. The van der Waals surface area contributed by atoms with E-state index < -0.39 is 48.2 Å². The third kappa shape index (κ3) is 25.3. The second-order valence-electron chi connectivity index (χ2n) is 25.9. The Kier molecular flexibility index (Phi) is 35.3. The van der Waals surface area contributed by atoms with Gasteiger partial charge in [-0.1, -0.05) is 126 Å². The molecular formula is C89H85BBr2O23. The predicted octanol–water partition coefficient (Wildman–Crippen LogP) is 17.8. The molecule has 1 fully saturated rings. The van der Waals surface area contributed by atoms with Crippen LogP contribution in [0.3, 0.4) is 0 Å². The lowest BCUT2D eigenvalue weighted by molar-refractivity contribution is -0.193. The molecule has 5 N–H and O–H groups in total. The topological polar surface area (TPSA) is 362 Å². The summed E-state index contributed by atoms with van der Waals surface area (Å²) in [6, 6.07) is 60.1. The molecule has 12 rings (SSSR count). The van der Waals surface area contributed by atoms with E-state index in [1.165, 1.54) is 41.1 Å². The van der Waals surface area contributed by atoms with Crippen LogP contribution < -0.4 is 10.2 Å². The summed E-state index contributed by atoms with van der Waals surface area (Å²) in [7, 11) is -0.468. The smallest absolute Gasteiger partial charge is 0.478 e. The van der Waals surface area contributed by atoms with Crippen LogP contribution in [0.4, 0.5) is 0 Å². The number of carbonyl (C=O) groups is 8. The van der Waals surface area contributed by atoms with E-state index in [0.29, 0.717) is 52.2 Å². The summed E-state index contributed by atoms with van der Waals surface area (Å²) in [6.45, 7) is 20.6. The first kappa shape index (κ1) is 93.2. The van der Waals surface area contributed by atoms with E-state index in [1.807, 2.05) is 100 Å². The van der Waals surface area contributed by atoms with Crippen molar-refractivity contribution in [2.75, 3.05) is 26.4 Å². The van der Waals surface area contributed by atoms with Crippen LogP contribution in [0.1, 0.15) is 160 Å². The Morgan fingerprint density at radius 1 is 0.374 bits per heavy atom. The van der Waals surface area contributed by atoms with Crippen molar-refractivity contribution >= 4 is 137 Å². The molecular weight excluding hydrogens is 1610 g/mol. The summed E-state index contributed by atoms with van der Waals surface area (Å²) in [5.74, 6) is -5.20. The number of fused-ring (bicyclic) bond motifs is 3. The number of carboxylic acids is 3. The maximum absolute atomic E-state index is 12.5. The van der Waals surface area contributed by atoms with Crippen molar-refractivity contribution in [2.45, 2.75) is 101 Å². The van der Waals surface area contributed by atoms with Gasteiger partial charge in [0.1, 0.15) is 5.75 Å². The van der Waals surface area contributed by atoms with Gasteiger partial charge in [-0.25, -0.2) is 33.6 Å². The Hall–Kier alpha value is -12.4. The van der Waals surface area contributed by atoms with Gasteiger partial charge in [-0.2, -0.15) is 19.2 Å². The molecule has 1 aliphatic heterocycles. The fourth-order valence-electron chi connectivity index (χ4n) is 11.7. The zero-order valence-corrected chi connectivity index (χ0v) is 67.0. The minimum absolute atomic E-state index is 0. The Balaban J connectivity index is 0.000000281. The summed E-state index contributed by atoms with van der Waals surface area (Å²) in [4.78, 5) is 127. The first-order valence-electron chi connectivity index (χ1n) is 35.4. The van der Waals surface area contributed by atoms with Crippen LogP contribution >= 0.6 is 31.9 Å². The third-order valence-corrected chi connectivity index (χ3v) is 18.9. The molecule has 1 aliphatic rings. The Bertz CT molecular complexity index is 5310. The van der Waals surface area contributed by atoms with E-state index in [-0.39, 0.29) is 90.4 Å². The van der Waals surface area contributed by atoms with E-state index >= 15 is 0 Å². The molecule has 0 radical (unpaired) electrons. The van der Waals surface area contributed by atoms with Crippen LogP contribution in [-0.2, 0) is 65.1 Å². The van der Waals surface area contributed by atoms with Crippen molar-refractivity contribution in [3.8, 4) is 50.3 Å². The number of hydrogen-bond donors (Lipinski definition) is 3. The maximum Gasteiger partial charge on any atom is 0.494 e. The van der Waals surface area contributed by atoms with Crippen LogP contribution in [0, 0.1) is 0 Å². The van der Waals surface area contributed by atoms with E-state index in [2.05, 4.69) is 94.2 Å². The minimum Gasteiger partial charge on any atom is -0.478 e. The van der Waals surface area contributed by atoms with E-state index in [9.17, 15) is 53.7 Å². The second-order valence-corrected chi connectivity index (χ2v) is 27.7. The van der Waals surface area contributed by atoms with Gasteiger partial charge in [0.05, 0.1) is 76.6 Å². The highest BCUT2D eigenvalue weighted by Crippen LogP contribution is 2.38. The number of esters is 4. The number of aromatic carboxylic acids is 3. The monoisotopic (exact) mass is 1690 g/mol. The van der Waals surface area contributed by atoms with E-state index in [1.54, 1.807) is 70.2 Å². The number of benzene rings is 11. The maximum atomic E-state index is 12.5. The lowest BCUT2D eigenvalue weighted by Gasteiger charge is -2.32. The van der Waals surface area contributed by atoms with Crippen LogP contribution in [-0.4, -0.2) is 126 Å². The Labute approximate surface area is 681 Å². The normalized spacial score (nSPS) is 11.7. The summed E-state index contributed by atoms with van der Waals surface area (Å²) in [5, 5.41) is 34.2. The highest BCUT2D eigenvalue weighted by molar-refractivity contribution is 9.10. The molecule has 596 valence electrons. The minimum atomic E-state index is -1.24. The fourth-order valence-corrected chi connectivity index (χ4v) is 12.4. The van der Waals surface area contributed by atoms with Gasteiger partial charge in [0.15, 0.2) is 0 Å². The number of ether oxygens (including phenoxy) is 5. The molecule has 0 aliphatic carbocycles. The van der Waals surface area contributed by atoms with Crippen molar-refractivity contribution in [1.29, 1.82) is 0 Å². The van der Waals surface area contributed by atoms with Crippen LogP contribution in [0.15, 0.2) is 209 Å². The standard InChI is InChI=1S/C33H32O6.C26H16O8.C17H25BO4.C10H6Br2.2CO2.CH4.H2O/c1-5-21-13-25(17-28(14-21)31(34)37-6-2)23-11-9-22-10-12-24(16-26(22)15-23)27-18-29(32(35)38-7-3)20-30(19-27)33(36)39-8-4;27-13-34-23-11-19(9-22(12-23)26(32)33)16-4-2-14-1-3-15(5-17(14)6-16)18-7-20(24(28)29)10-21(8-18)25(30)31;1-7-12-9-13(15(19)20-8-2)11-14(10-12)18-21-16(3,4)17(5,6)22-18;11-9-3-1-7-2-4-10(12)6-8(7)5-9;2*2-1-3;;/h9-20H,5-8H2,1-4H3;1-13H,(H,28,29)(H,30,31)(H,32,33);9-11H,7-8H2,1-6H3;1-6H;;;1H4;1H2. The quantitative estimate of drug-likeness (QED) is 0.0276. The zero-order chi connectivity index (χ0) is 82.9. The van der Waals surface area contributed by atoms with Gasteiger partial charge in [0.2, 0.25) is 0 Å². The Morgan fingerprint density at radius 2 is 0.661 bits per heavy atom. The molecule has 0 spiro atoms. The molecule has 0 saturated carbocycles. The number of halogens is 2. The molecule has 0 aromatic heterocycles. The van der Waals surface area contributed by atoms with Gasteiger partial charge in [-0.15, -0.1) is 0 Å². The number of rotatable bonds is 20. The van der Waals surface area contributed by atoms with Crippen molar-refractivity contribution in [2.24, 2.45) is 0 Å². The van der Waals surface area contributed by atoms with Gasteiger partial charge in [0, 0.05) is 8.95 Å². The molecule has 115 heavy (non-hydrogen) atoms. The number of hydrogen-bond acceptors (Lipinski definition) is 19. The van der Waals surface area contributed by atoms with Gasteiger partial charge >= 0.3 is 61.2 Å². The second kappa shape index (κ2) is 43.6. The molecule has 0 amide bonds. The molecule has 0 atom stereocenters. The van der Waals surface area contributed by atoms with Gasteiger partial charge in [0.25, 0.3) is 6.47 Å². The molecule has 1 saturated heterocycles. The van der Waals surface area contributed by atoms with Crippen molar-refractivity contribution in [1.82, 2.24) is 0 Å². The lowest BCUT2D eigenvalue weighted by Crippen LogP contribution is -2.41. The first-order valence-corrected chi connectivity index (χ1v) is 37.0. The molecule has 0 unspecified atom stereocenters. The molecule has 26 heteroatoms. The summed E-state index contributed by atoms with van der Waals surface area (Å²) >= 11 is 6.88. The predicted molar refractivity (Wildman–Crippen MR) is 442 cm³/mol. The summed E-state index contributed by atoms with van der Waals surface area (Å²) in [6.07, 6.45) is 2.12. The first-order chi connectivity index (χ1) is 53.9. The molecule has 11 aromatic carbocycles. The zero-order valence-electron chi connectivity index (χ0n) is 63.8. The van der Waals surface area contributed by atoms with Crippen molar-refractivity contribution in [3.63, 3.8) is 0 Å². The number of aryl methyl sites for hydroxylation is 2. The van der Waals surface area contributed by atoms with Gasteiger partial charge in [-0.05, 0) is 289 Å². The SMILES string of the molecule is Brc1ccc2ccc(Br)cc2c1.C.CCOC(=O)c1cc(CC)cc(-c2ccc3ccc(-c4cc(C(=O)OCC)cc(C(=O)OCC)c4)cc3c2)c1.CCOC(=O)c1cc(CC)cc(B2OC(C)(C)C(C)(C)O2)c1.O.O=C=O.O=C=O.O=COc1cc(C(=O)O)cc(-c2ccc3ccc(-c4cc(C(=O)O)cc(C(=O)O)c4)cc3c2)c1. The largest absolute Gasteiger partial charge is 0.494 e. The van der Waals surface area contributed by atoms with Crippen LogP contribution in [0.25, 0.3) is 76.8 Å².